The number of hydrogen-bond acceptors (Lipinski definition) is 5. The Bertz CT molecular complexity index is 857. The summed E-state index contributed by atoms with van der Waals surface area (Å²) in [5.74, 6) is -1.79. The van der Waals surface area contributed by atoms with Gasteiger partial charge in [0.15, 0.2) is 17.5 Å². The summed E-state index contributed by atoms with van der Waals surface area (Å²) in [5.41, 5.74) is 0.773. The number of nitrogens with one attached hydrogen (secondary N) is 2. The standard InChI is InChI=1S/C16H12F3N5/c17-12-4-2-1-3-10(12)8-20-16-23-15(9-21-24-16)22-11-5-6-13(18)14(19)7-11/h1-7,9H,8H2,(H2,20,22,23,24). The minimum atomic E-state index is -0.972. The molecule has 0 fully saturated rings. The number of anilines is 3. The van der Waals surface area contributed by atoms with E-state index in [0.717, 1.165) is 12.1 Å². The van der Waals surface area contributed by atoms with Crippen LogP contribution in [0.1, 0.15) is 5.56 Å². The first kappa shape index (κ1) is 15.7. The van der Waals surface area contributed by atoms with E-state index in [1.54, 1.807) is 18.2 Å². The van der Waals surface area contributed by atoms with Crippen molar-refractivity contribution >= 4 is 17.5 Å². The van der Waals surface area contributed by atoms with E-state index >= 15 is 0 Å². The second-order valence-electron chi connectivity index (χ2n) is 4.86. The van der Waals surface area contributed by atoms with Gasteiger partial charge in [0.1, 0.15) is 5.82 Å². The zero-order valence-corrected chi connectivity index (χ0v) is 12.3. The van der Waals surface area contributed by atoms with Crippen LogP contribution in [0.15, 0.2) is 48.7 Å². The molecule has 0 aliphatic rings. The molecular weight excluding hydrogens is 319 g/mol. The van der Waals surface area contributed by atoms with E-state index in [-0.39, 0.29) is 24.1 Å². The molecule has 0 atom stereocenters. The highest BCUT2D eigenvalue weighted by Crippen LogP contribution is 2.17. The fourth-order valence-corrected chi connectivity index (χ4v) is 1.98. The highest BCUT2D eigenvalue weighted by molar-refractivity contribution is 5.56. The topological polar surface area (TPSA) is 62.7 Å². The second kappa shape index (κ2) is 6.95. The highest BCUT2D eigenvalue weighted by Gasteiger charge is 2.06. The fraction of sp³-hybridized carbons (Fsp3) is 0.0625. The molecule has 0 aliphatic heterocycles. The van der Waals surface area contributed by atoms with Gasteiger partial charge in [0, 0.05) is 23.9 Å². The van der Waals surface area contributed by atoms with Crippen LogP contribution in [-0.2, 0) is 6.54 Å². The van der Waals surface area contributed by atoms with Crippen LogP contribution in [-0.4, -0.2) is 15.2 Å². The number of aromatic nitrogens is 3. The van der Waals surface area contributed by atoms with Gasteiger partial charge in [-0.1, -0.05) is 18.2 Å². The summed E-state index contributed by atoms with van der Waals surface area (Å²) < 4.78 is 39.7. The van der Waals surface area contributed by atoms with E-state index in [2.05, 4.69) is 25.8 Å². The summed E-state index contributed by atoms with van der Waals surface area (Å²) in [4.78, 5) is 4.13. The van der Waals surface area contributed by atoms with Gasteiger partial charge in [0.2, 0.25) is 5.95 Å². The third-order valence-corrected chi connectivity index (χ3v) is 3.15. The maximum atomic E-state index is 13.6. The zero-order chi connectivity index (χ0) is 16.9. The van der Waals surface area contributed by atoms with Gasteiger partial charge in [0.25, 0.3) is 0 Å². The molecule has 5 nitrogen and oxygen atoms in total. The predicted molar refractivity (Wildman–Crippen MR) is 83.2 cm³/mol. The first-order valence-electron chi connectivity index (χ1n) is 7.01. The SMILES string of the molecule is Fc1ccc(Nc2cnnc(NCc3ccccc3F)n2)cc1F. The van der Waals surface area contributed by atoms with Crippen LogP contribution >= 0.6 is 0 Å². The number of hydrogen-bond donors (Lipinski definition) is 2. The Morgan fingerprint density at radius 2 is 1.75 bits per heavy atom. The maximum absolute atomic E-state index is 13.6. The molecule has 2 N–H and O–H groups in total. The first-order valence-corrected chi connectivity index (χ1v) is 7.01. The molecule has 0 aliphatic carbocycles. The lowest BCUT2D eigenvalue weighted by Gasteiger charge is -2.08. The van der Waals surface area contributed by atoms with Gasteiger partial charge in [-0.05, 0) is 18.2 Å². The average Bonchev–Trinajstić information content (AvgIpc) is 2.58. The van der Waals surface area contributed by atoms with E-state index in [1.165, 1.54) is 18.3 Å². The van der Waals surface area contributed by atoms with Crippen molar-refractivity contribution in [3.05, 3.63) is 71.7 Å². The Balaban J connectivity index is 1.69. The molecule has 0 spiro atoms. The monoisotopic (exact) mass is 331 g/mol. The number of halogens is 3. The van der Waals surface area contributed by atoms with Crippen molar-refractivity contribution in [2.24, 2.45) is 0 Å². The van der Waals surface area contributed by atoms with Gasteiger partial charge in [0.05, 0.1) is 6.20 Å². The van der Waals surface area contributed by atoms with Crippen LogP contribution in [0.5, 0.6) is 0 Å². The first-order chi connectivity index (χ1) is 11.6. The zero-order valence-electron chi connectivity index (χ0n) is 12.3. The highest BCUT2D eigenvalue weighted by atomic mass is 19.2. The lowest BCUT2D eigenvalue weighted by Crippen LogP contribution is -2.07. The molecule has 2 aromatic carbocycles. The van der Waals surface area contributed by atoms with Gasteiger partial charge in [-0.2, -0.15) is 10.1 Å². The molecule has 3 rings (SSSR count). The van der Waals surface area contributed by atoms with Crippen molar-refractivity contribution in [2.45, 2.75) is 6.54 Å². The predicted octanol–water partition coefficient (Wildman–Crippen LogP) is 3.64. The smallest absolute Gasteiger partial charge is 0.244 e. The van der Waals surface area contributed by atoms with Crippen molar-refractivity contribution < 1.29 is 13.2 Å². The summed E-state index contributed by atoms with van der Waals surface area (Å²) in [7, 11) is 0. The molecule has 0 unspecified atom stereocenters. The molecule has 3 aromatic rings. The number of nitrogens with zero attached hydrogens (tertiary/aromatic N) is 3. The van der Waals surface area contributed by atoms with Crippen LogP contribution in [0.3, 0.4) is 0 Å². The molecule has 0 radical (unpaired) electrons. The second-order valence-corrected chi connectivity index (χ2v) is 4.86. The summed E-state index contributed by atoms with van der Waals surface area (Å²) in [5, 5.41) is 13.2. The van der Waals surface area contributed by atoms with Crippen molar-refractivity contribution in [2.75, 3.05) is 10.6 Å². The Morgan fingerprint density at radius 3 is 2.54 bits per heavy atom. The lowest BCUT2D eigenvalue weighted by molar-refractivity contribution is 0.509. The largest absolute Gasteiger partial charge is 0.349 e. The maximum Gasteiger partial charge on any atom is 0.244 e. The molecule has 8 heteroatoms. The van der Waals surface area contributed by atoms with E-state index in [1.807, 2.05) is 0 Å². The summed E-state index contributed by atoms with van der Waals surface area (Å²) >= 11 is 0. The van der Waals surface area contributed by atoms with E-state index in [9.17, 15) is 13.2 Å². The summed E-state index contributed by atoms with van der Waals surface area (Å²) in [6.45, 7) is 0.184. The van der Waals surface area contributed by atoms with Crippen LogP contribution in [0.4, 0.5) is 30.6 Å². The molecule has 1 heterocycles. The van der Waals surface area contributed by atoms with E-state index in [0.29, 0.717) is 11.3 Å². The molecular formula is C16H12F3N5. The Labute approximate surface area is 135 Å². The molecule has 0 saturated heterocycles. The van der Waals surface area contributed by atoms with Crippen molar-refractivity contribution in [3.8, 4) is 0 Å². The molecule has 0 bridgehead atoms. The lowest BCUT2D eigenvalue weighted by atomic mass is 10.2. The quantitative estimate of drug-likeness (QED) is 0.747. The molecule has 0 amide bonds. The van der Waals surface area contributed by atoms with Gasteiger partial charge >= 0.3 is 0 Å². The Hall–Kier alpha value is -3.16. The molecule has 122 valence electrons. The van der Waals surface area contributed by atoms with Crippen molar-refractivity contribution in [1.82, 2.24) is 15.2 Å². The van der Waals surface area contributed by atoms with E-state index in [4.69, 9.17) is 0 Å². The third kappa shape index (κ3) is 3.78. The van der Waals surface area contributed by atoms with Crippen LogP contribution in [0.25, 0.3) is 0 Å². The Kier molecular flexibility index (Phi) is 4.55. The van der Waals surface area contributed by atoms with Crippen LogP contribution in [0.2, 0.25) is 0 Å². The molecule has 0 saturated carbocycles. The average molecular weight is 331 g/mol. The Morgan fingerprint density at radius 1 is 0.917 bits per heavy atom. The van der Waals surface area contributed by atoms with Crippen LogP contribution in [0, 0.1) is 17.5 Å². The third-order valence-electron chi connectivity index (χ3n) is 3.15. The van der Waals surface area contributed by atoms with Crippen molar-refractivity contribution in [3.63, 3.8) is 0 Å². The minimum Gasteiger partial charge on any atom is -0.349 e. The number of benzene rings is 2. The minimum absolute atomic E-state index is 0.172. The van der Waals surface area contributed by atoms with Crippen molar-refractivity contribution in [1.29, 1.82) is 0 Å². The fourth-order valence-electron chi connectivity index (χ4n) is 1.98. The normalized spacial score (nSPS) is 10.5. The van der Waals surface area contributed by atoms with Gasteiger partial charge < -0.3 is 10.6 Å². The van der Waals surface area contributed by atoms with Gasteiger partial charge in [-0.3, -0.25) is 0 Å². The molecule has 1 aromatic heterocycles. The summed E-state index contributed by atoms with van der Waals surface area (Å²) in [6, 6.07) is 9.69. The van der Waals surface area contributed by atoms with Crippen LogP contribution < -0.4 is 10.6 Å². The van der Waals surface area contributed by atoms with E-state index < -0.39 is 11.6 Å². The number of rotatable bonds is 5. The van der Waals surface area contributed by atoms with Gasteiger partial charge in [-0.25, -0.2) is 13.2 Å². The molecule has 24 heavy (non-hydrogen) atoms. The summed E-state index contributed by atoms with van der Waals surface area (Å²) in [6.07, 6.45) is 1.33. The van der Waals surface area contributed by atoms with Gasteiger partial charge in [-0.15, -0.1) is 5.10 Å².